The van der Waals surface area contributed by atoms with E-state index in [1.807, 2.05) is 26.2 Å². The first-order valence-corrected chi connectivity index (χ1v) is 6.88. The maximum Gasteiger partial charge on any atom is 0.125 e. The number of aryl methyl sites for hydroxylation is 1. The van der Waals surface area contributed by atoms with E-state index in [1.165, 1.54) is 25.7 Å². The van der Waals surface area contributed by atoms with Crippen LogP contribution < -0.4 is 5.32 Å². The lowest BCUT2D eigenvalue weighted by atomic mass is 10.0. The molecule has 0 radical (unpaired) electrons. The van der Waals surface area contributed by atoms with E-state index in [4.69, 9.17) is 4.74 Å². The first-order chi connectivity index (χ1) is 8.79. The maximum absolute atomic E-state index is 5.65. The number of aromatic nitrogens is 2. The molecule has 0 spiro atoms. The minimum Gasteiger partial charge on any atom is -0.378 e. The summed E-state index contributed by atoms with van der Waals surface area (Å²) in [6.07, 6.45) is 8.24. The predicted octanol–water partition coefficient (Wildman–Crippen LogP) is 2.39. The Kier molecular flexibility index (Phi) is 5.08. The van der Waals surface area contributed by atoms with Gasteiger partial charge >= 0.3 is 0 Å². The zero-order valence-corrected chi connectivity index (χ0v) is 11.4. The molecule has 0 aliphatic carbocycles. The van der Waals surface area contributed by atoms with E-state index in [0.29, 0.717) is 12.1 Å². The summed E-state index contributed by atoms with van der Waals surface area (Å²) in [7, 11) is 1.99. The van der Waals surface area contributed by atoms with Gasteiger partial charge < -0.3 is 10.1 Å². The standard InChI is InChI=1S/C14H23N3O/c1-11-16-9-8-14(17-11)13(15-2)7-3-5-12-6-4-10-18-12/h8-9,12-13,15H,3-7,10H2,1-2H3. The van der Waals surface area contributed by atoms with Crippen molar-refractivity contribution in [3.05, 3.63) is 23.8 Å². The van der Waals surface area contributed by atoms with Gasteiger partial charge in [0.05, 0.1) is 11.8 Å². The predicted molar refractivity (Wildman–Crippen MR) is 71.4 cm³/mol. The molecule has 4 heteroatoms. The van der Waals surface area contributed by atoms with Crippen LogP contribution in [-0.4, -0.2) is 29.7 Å². The minimum atomic E-state index is 0.327. The van der Waals surface area contributed by atoms with Crippen LogP contribution in [0.25, 0.3) is 0 Å². The van der Waals surface area contributed by atoms with Gasteiger partial charge in [-0.15, -0.1) is 0 Å². The number of ether oxygens (including phenoxy) is 1. The Labute approximate surface area is 109 Å². The van der Waals surface area contributed by atoms with Gasteiger partial charge in [0.15, 0.2) is 0 Å². The third-order valence-electron chi connectivity index (χ3n) is 3.55. The van der Waals surface area contributed by atoms with Gasteiger partial charge in [-0.05, 0) is 52.1 Å². The fourth-order valence-corrected chi connectivity index (χ4v) is 2.53. The van der Waals surface area contributed by atoms with E-state index in [2.05, 4.69) is 15.3 Å². The van der Waals surface area contributed by atoms with Crippen molar-refractivity contribution >= 4 is 0 Å². The summed E-state index contributed by atoms with van der Waals surface area (Å²) in [5.74, 6) is 0.840. The molecule has 4 nitrogen and oxygen atoms in total. The van der Waals surface area contributed by atoms with Crippen LogP contribution in [0.4, 0.5) is 0 Å². The normalized spacial score (nSPS) is 21.1. The van der Waals surface area contributed by atoms with Crippen molar-refractivity contribution in [1.82, 2.24) is 15.3 Å². The number of hydrogen-bond donors (Lipinski definition) is 1. The summed E-state index contributed by atoms with van der Waals surface area (Å²) < 4.78 is 5.65. The lowest BCUT2D eigenvalue weighted by Crippen LogP contribution is -2.18. The molecule has 2 atom stereocenters. The number of hydrogen-bond acceptors (Lipinski definition) is 4. The highest BCUT2D eigenvalue weighted by atomic mass is 16.5. The number of nitrogens with zero attached hydrogens (tertiary/aromatic N) is 2. The van der Waals surface area contributed by atoms with E-state index in [-0.39, 0.29) is 0 Å². The van der Waals surface area contributed by atoms with Gasteiger partial charge in [-0.3, -0.25) is 0 Å². The Morgan fingerprint density at radius 3 is 3.11 bits per heavy atom. The van der Waals surface area contributed by atoms with Crippen molar-refractivity contribution in [2.45, 2.75) is 51.2 Å². The third kappa shape index (κ3) is 3.75. The van der Waals surface area contributed by atoms with E-state index in [1.54, 1.807) is 0 Å². The summed E-state index contributed by atoms with van der Waals surface area (Å²) >= 11 is 0. The first kappa shape index (κ1) is 13.4. The van der Waals surface area contributed by atoms with E-state index in [9.17, 15) is 0 Å². The fraction of sp³-hybridized carbons (Fsp3) is 0.714. The summed E-state index contributed by atoms with van der Waals surface area (Å²) in [5, 5.41) is 3.34. The number of rotatable bonds is 6. The van der Waals surface area contributed by atoms with Crippen molar-refractivity contribution in [3.63, 3.8) is 0 Å². The summed E-state index contributed by atoms with van der Waals surface area (Å²) in [5.41, 5.74) is 1.09. The molecule has 0 bridgehead atoms. The van der Waals surface area contributed by atoms with Gasteiger partial charge in [-0.2, -0.15) is 0 Å². The van der Waals surface area contributed by atoms with Crippen molar-refractivity contribution in [3.8, 4) is 0 Å². The molecule has 0 aromatic carbocycles. The third-order valence-corrected chi connectivity index (χ3v) is 3.55. The first-order valence-electron chi connectivity index (χ1n) is 6.88. The highest BCUT2D eigenvalue weighted by Gasteiger charge is 2.16. The Hall–Kier alpha value is -1.00. The second-order valence-electron chi connectivity index (χ2n) is 4.94. The Balaban J connectivity index is 1.81. The molecule has 1 fully saturated rings. The van der Waals surface area contributed by atoms with Crippen molar-refractivity contribution in [2.24, 2.45) is 0 Å². The molecule has 2 rings (SSSR count). The van der Waals surface area contributed by atoms with Crippen LogP contribution in [0.5, 0.6) is 0 Å². The van der Waals surface area contributed by atoms with Crippen LogP contribution in [0.3, 0.4) is 0 Å². The van der Waals surface area contributed by atoms with Crippen LogP contribution in [0.2, 0.25) is 0 Å². The molecule has 2 heterocycles. The van der Waals surface area contributed by atoms with Crippen LogP contribution >= 0.6 is 0 Å². The van der Waals surface area contributed by atoms with Gasteiger partial charge in [0.1, 0.15) is 5.82 Å². The van der Waals surface area contributed by atoms with Gasteiger partial charge in [0, 0.05) is 18.8 Å². The Morgan fingerprint density at radius 1 is 1.56 bits per heavy atom. The monoisotopic (exact) mass is 249 g/mol. The zero-order valence-electron chi connectivity index (χ0n) is 11.4. The van der Waals surface area contributed by atoms with Crippen LogP contribution in [0.15, 0.2) is 12.3 Å². The summed E-state index contributed by atoms with van der Waals surface area (Å²) in [6, 6.07) is 2.33. The molecule has 1 aromatic rings. The van der Waals surface area contributed by atoms with Crippen LogP contribution in [0, 0.1) is 6.92 Å². The average Bonchev–Trinajstić information content (AvgIpc) is 2.88. The molecule has 1 aliphatic rings. The van der Waals surface area contributed by atoms with Gasteiger partial charge in [-0.1, -0.05) is 0 Å². The molecular weight excluding hydrogens is 226 g/mol. The lowest BCUT2D eigenvalue weighted by Gasteiger charge is -2.17. The average molecular weight is 249 g/mol. The fourth-order valence-electron chi connectivity index (χ4n) is 2.53. The smallest absolute Gasteiger partial charge is 0.125 e. The van der Waals surface area contributed by atoms with Crippen molar-refractivity contribution in [1.29, 1.82) is 0 Å². The van der Waals surface area contributed by atoms with Gasteiger partial charge in [0.2, 0.25) is 0 Å². The largest absolute Gasteiger partial charge is 0.378 e. The molecule has 1 saturated heterocycles. The quantitative estimate of drug-likeness (QED) is 0.841. The zero-order chi connectivity index (χ0) is 12.8. The van der Waals surface area contributed by atoms with Crippen molar-refractivity contribution < 1.29 is 4.74 Å². The van der Waals surface area contributed by atoms with E-state index >= 15 is 0 Å². The van der Waals surface area contributed by atoms with Gasteiger partial charge in [0.25, 0.3) is 0 Å². The topological polar surface area (TPSA) is 47.0 Å². The molecule has 0 saturated carbocycles. The van der Waals surface area contributed by atoms with E-state index in [0.717, 1.165) is 24.5 Å². The molecule has 18 heavy (non-hydrogen) atoms. The van der Waals surface area contributed by atoms with Crippen LogP contribution in [-0.2, 0) is 4.74 Å². The lowest BCUT2D eigenvalue weighted by molar-refractivity contribution is 0.101. The molecule has 100 valence electrons. The molecule has 1 aliphatic heterocycles. The van der Waals surface area contributed by atoms with Crippen molar-refractivity contribution in [2.75, 3.05) is 13.7 Å². The SMILES string of the molecule is CNC(CCCC1CCCO1)c1ccnc(C)n1. The Morgan fingerprint density at radius 2 is 2.44 bits per heavy atom. The second-order valence-corrected chi connectivity index (χ2v) is 4.94. The molecule has 2 unspecified atom stereocenters. The summed E-state index contributed by atoms with van der Waals surface area (Å²) in [6.45, 7) is 2.88. The minimum absolute atomic E-state index is 0.327. The molecule has 1 N–H and O–H groups in total. The van der Waals surface area contributed by atoms with Crippen LogP contribution in [0.1, 0.15) is 49.7 Å². The molecular formula is C14H23N3O. The number of nitrogens with one attached hydrogen (secondary N) is 1. The highest BCUT2D eigenvalue weighted by molar-refractivity contribution is 5.07. The van der Waals surface area contributed by atoms with E-state index < -0.39 is 0 Å². The molecule has 1 aromatic heterocycles. The highest BCUT2D eigenvalue weighted by Crippen LogP contribution is 2.22. The van der Waals surface area contributed by atoms with Gasteiger partial charge in [-0.25, -0.2) is 9.97 Å². The second kappa shape index (κ2) is 6.81. The summed E-state index contributed by atoms with van der Waals surface area (Å²) in [4.78, 5) is 8.63. The molecule has 0 amide bonds. The maximum atomic E-state index is 5.65. The Bertz CT molecular complexity index is 364.